The average molecular weight is 560 g/mol. The molecule has 40 heavy (non-hydrogen) atoms. The second kappa shape index (κ2) is 10.7. The Labute approximate surface area is 241 Å². The molecule has 1 atom stereocenters. The number of aryl methyl sites for hydroxylation is 3. The molecule has 0 bridgehead atoms. The van der Waals surface area contributed by atoms with Crippen molar-refractivity contribution in [2.75, 3.05) is 26.2 Å². The van der Waals surface area contributed by atoms with Crippen molar-refractivity contribution in [2.24, 2.45) is 12.5 Å². The molecule has 2 amide bonds. The molecule has 1 aromatic heterocycles. The summed E-state index contributed by atoms with van der Waals surface area (Å²) in [7, 11) is 1.99. The first kappa shape index (κ1) is 27.0. The molecule has 2 aliphatic heterocycles. The number of carbonyl (C=O) groups excluding carboxylic acids is 2. The number of nitrogens with one attached hydrogen (secondary N) is 1. The lowest BCUT2D eigenvalue weighted by molar-refractivity contribution is 0.0713. The number of halogens is 1. The summed E-state index contributed by atoms with van der Waals surface area (Å²) in [5, 5.41) is 8.03. The monoisotopic (exact) mass is 559 g/mol. The minimum Gasteiger partial charge on any atom is -0.345 e. The molecular weight excluding hydrogens is 522 g/mol. The van der Waals surface area contributed by atoms with E-state index in [1.807, 2.05) is 49.1 Å². The lowest BCUT2D eigenvalue weighted by Crippen LogP contribution is -2.42. The van der Waals surface area contributed by atoms with E-state index in [2.05, 4.69) is 33.2 Å². The smallest absolute Gasteiger partial charge is 0.253 e. The molecule has 3 aromatic rings. The minimum atomic E-state index is -0.163. The van der Waals surface area contributed by atoms with E-state index in [-0.39, 0.29) is 23.3 Å². The number of aromatic nitrogens is 2. The highest BCUT2D eigenvalue weighted by Crippen LogP contribution is 2.41. The Bertz CT molecular complexity index is 1440. The summed E-state index contributed by atoms with van der Waals surface area (Å²) in [6.45, 7) is 8.72. The Morgan fingerprint density at radius 1 is 1.10 bits per heavy atom. The van der Waals surface area contributed by atoms with Crippen molar-refractivity contribution in [3.05, 3.63) is 86.7 Å². The van der Waals surface area contributed by atoms with Gasteiger partial charge in [-0.2, -0.15) is 5.10 Å². The van der Waals surface area contributed by atoms with Crippen LogP contribution in [0, 0.1) is 19.3 Å². The van der Waals surface area contributed by atoms with E-state index >= 15 is 0 Å². The predicted molar refractivity (Wildman–Crippen MR) is 157 cm³/mol. The van der Waals surface area contributed by atoms with E-state index in [1.54, 1.807) is 6.07 Å². The molecule has 2 saturated heterocycles. The summed E-state index contributed by atoms with van der Waals surface area (Å²) >= 11 is 6.35. The zero-order valence-electron chi connectivity index (χ0n) is 23.7. The zero-order valence-corrected chi connectivity index (χ0v) is 24.4. The number of rotatable bonds is 5. The molecule has 6 rings (SSSR count). The van der Waals surface area contributed by atoms with E-state index < -0.39 is 0 Å². The van der Waals surface area contributed by atoms with Crippen LogP contribution in [-0.4, -0.2) is 57.6 Å². The average Bonchev–Trinajstić information content (AvgIpc) is 3.63. The summed E-state index contributed by atoms with van der Waals surface area (Å²) in [5.41, 5.74) is 7.10. The number of benzene rings is 2. The number of nitrogens with zero attached hydrogens (tertiary/aromatic N) is 4. The molecule has 210 valence electrons. The molecule has 3 heterocycles. The van der Waals surface area contributed by atoms with Crippen LogP contribution in [0.2, 0.25) is 5.02 Å². The van der Waals surface area contributed by atoms with E-state index in [0.717, 1.165) is 81.5 Å². The first-order valence-electron chi connectivity index (χ1n) is 14.4. The Balaban J connectivity index is 1.09. The summed E-state index contributed by atoms with van der Waals surface area (Å²) in [5.74, 6) is -0.0591. The number of carbonyl (C=O) groups is 2. The van der Waals surface area contributed by atoms with Crippen LogP contribution >= 0.6 is 11.6 Å². The summed E-state index contributed by atoms with van der Waals surface area (Å²) in [6, 6.07) is 11.4. The maximum atomic E-state index is 13.7. The van der Waals surface area contributed by atoms with Gasteiger partial charge < -0.3 is 10.2 Å². The van der Waals surface area contributed by atoms with Gasteiger partial charge >= 0.3 is 0 Å². The van der Waals surface area contributed by atoms with Crippen LogP contribution in [0.25, 0.3) is 0 Å². The van der Waals surface area contributed by atoms with E-state index in [4.69, 9.17) is 11.6 Å². The fourth-order valence-electron chi connectivity index (χ4n) is 6.86. The van der Waals surface area contributed by atoms with Crippen molar-refractivity contribution < 1.29 is 9.59 Å². The SMILES string of the molecule is Cc1cccc(Cl)c1C(=O)NC1CCc2ccc(C(=O)N3CCC4(CCN(Cc5cnn(C)c5C)CC4)C3)cc21. The number of likely N-dealkylation sites (tertiary alicyclic amines) is 2. The fourth-order valence-corrected chi connectivity index (χ4v) is 7.17. The number of fused-ring (bicyclic) bond motifs is 1. The molecule has 3 aliphatic rings. The van der Waals surface area contributed by atoms with E-state index in [1.165, 1.54) is 16.8 Å². The van der Waals surface area contributed by atoms with Gasteiger partial charge in [-0.25, -0.2) is 0 Å². The largest absolute Gasteiger partial charge is 0.345 e. The molecular formula is C32H38ClN5O2. The predicted octanol–water partition coefficient (Wildman–Crippen LogP) is 5.24. The summed E-state index contributed by atoms with van der Waals surface area (Å²) < 4.78 is 1.94. The van der Waals surface area contributed by atoms with E-state index in [0.29, 0.717) is 10.6 Å². The molecule has 0 saturated carbocycles. The standard InChI is InChI=1S/C32H38ClN5O2/c1-21-5-4-6-27(33)29(21)30(39)35-28-10-9-23-7-8-24(17-26(23)28)31(40)38-16-13-32(20-38)11-14-37(15-12-32)19-25-18-34-36(3)22(25)2/h4-8,17-18,28H,9-16,19-20H2,1-3H3,(H,35,39). The Kier molecular flexibility index (Phi) is 7.21. The van der Waals surface area contributed by atoms with Crippen LogP contribution in [0.15, 0.2) is 42.6 Å². The molecule has 2 fully saturated rings. The Morgan fingerprint density at radius 3 is 2.60 bits per heavy atom. The van der Waals surface area contributed by atoms with Crippen molar-refractivity contribution in [3.8, 4) is 0 Å². The lowest BCUT2D eigenvalue weighted by atomic mass is 9.77. The van der Waals surface area contributed by atoms with Crippen LogP contribution < -0.4 is 5.32 Å². The minimum absolute atomic E-state index is 0.104. The van der Waals surface area contributed by atoms with Crippen LogP contribution in [0.4, 0.5) is 0 Å². The molecule has 0 radical (unpaired) electrons. The maximum absolute atomic E-state index is 13.7. The first-order valence-corrected chi connectivity index (χ1v) is 14.8. The second-order valence-corrected chi connectivity index (χ2v) is 12.4. The quantitative estimate of drug-likeness (QED) is 0.464. The Hall–Kier alpha value is -3.16. The second-order valence-electron chi connectivity index (χ2n) is 12.0. The highest BCUT2D eigenvalue weighted by Gasteiger charge is 2.42. The summed E-state index contributed by atoms with van der Waals surface area (Å²) in [6.07, 6.45) is 7.01. The maximum Gasteiger partial charge on any atom is 0.253 e. The molecule has 2 aromatic carbocycles. The molecule has 8 heteroatoms. The van der Waals surface area contributed by atoms with Gasteiger partial charge in [-0.05, 0) is 99.3 Å². The fraction of sp³-hybridized carbons (Fsp3) is 0.469. The molecule has 1 unspecified atom stereocenters. The van der Waals surface area contributed by atoms with Gasteiger partial charge in [0, 0.05) is 43.5 Å². The van der Waals surface area contributed by atoms with Gasteiger partial charge in [0.25, 0.3) is 11.8 Å². The van der Waals surface area contributed by atoms with Crippen LogP contribution in [0.5, 0.6) is 0 Å². The van der Waals surface area contributed by atoms with Crippen molar-refractivity contribution in [3.63, 3.8) is 0 Å². The van der Waals surface area contributed by atoms with Crippen molar-refractivity contribution in [1.82, 2.24) is 24.9 Å². The molecule has 1 spiro atoms. The third kappa shape index (κ3) is 5.06. The van der Waals surface area contributed by atoms with Gasteiger partial charge in [0.15, 0.2) is 0 Å². The van der Waals surface area contributed by atoms with Crippen LogP contribution in [-0.2, 0) is 20.0 Å². The number of amides is 2. The van der Waals surface area contributed by atoms with Crippen molar-refractivity contribution in [2.45, 2.75) is 58.5 Å². The topological polar surface area (TPSA) is 70.5 Å². The number of hydrogen-bond donors (Lipinski definition) is 1. The van der Waals surface area contributed by atoms with Crippen LogP contribution in [0.3, 0.4) is 0 Å². The van der Waals surface area contributed by atoms with Gasteiger partial charge in [0.05, 0.1) is 22.8 Å². The van der Waals surface area contributed by atoms with Crippen LogP contribution in [0.1, 0.15) is 80.4 Å². The highest BCUT2D eigenvalue weighted by molar-refractivity contribution is 6.34. The molecule has 1 N–H and O–H groups in total. The van der Waals surface area contributed by atoms with Crippen molar-refractivity contribution >= 4 is 23.4 Å². The van der Waals surface area contributed by atoms with Gasteiger partial charge in [0.1, 0.15) is 0 Å². The third-order valence-electron chi connectivity index (χ3n) is 9.60. The highest BCUT2D eigenvalue weighted by atomic mass is 35.5. The van der Waals surface area contributed by atoms with Gasteiger partial charge in [-0.1, -0.05) is 29.8 Å². The van der Waals surface area contributed by atoms with E-state index in [9.17, 15) is 9.59 Å². The first-order chi connectivity index (χ1) is 19.2. The molecule has 7 nitrogen and oxygen atoms in total. The normalized spacial score (nSPS) is 20.2. The molecule has 1 aliphatic carbocycles. The zero-order chi connectivity index (χ0) is 28.0. The van der Waals surface area contributed by atoms with Gasteiger partial charge in [-0.15, -0.1) is 0 Å². The Morgan fingerprint density at radius 2 is 1.88 bits per heavy atom. The number of piperidine rings is 1. The van der Waals surface area contributed by atoms with Gasteiger partial charge in [0.2, 0.25) is 0 Å². The lowest BCUT2D eigenvalue weighted by Gasteiger charge is -2.39. The number of hydrogen-bond acceptors (Lipinski definition) is 4. The third-order valence-corrected chi connectivity index (χ3v) is 9.91. The van der Waals surface area contributed by atoms with Crippen molar-refractivity contribution in [1.29, 1.82) is 0 Å². The summed E-state index contributed by atoms with van der Waals surface area (Å²) in [4.78, 5) is 31.4. The van der Waals surface area contributed by atoms with Gasteiger partial charge in [-0.3, -0.25) is 19.2 Å².